The summed E-state index contributed by atoms with van der Waals surface area (Å²) in [5.41, 5.74) is 1.48. The van der Waals surface area contributed by atoms with Crippen molar-refractivity contribution in [1.29, 1.82) is 0 Å². The quantitative estimate of drug-likeness (QED) is 0.819. The Kier molecular flexibility index (Phi) is 4.82. The van der Waals surface area contributed by atoms with Crippen LogP contribution in [0.3, 0.4) is 0 Å². The Morgan fingerprint density at radius 1 is 1.17 bits per heavy atom. The van der Waals surface area contributed by atoms with Crippen molar-refractivity contribution in [3.63, 3.8) is 0 Å². The fraction of sp³-hybridized carbons (Fsp3) is 0.647. The van der Waals surface area contributed by atoms with Crippen LogP contribution in [0.1, 0.15) is 51.5 Å². The predicted octanol–water partition coefficient (Wildman–Crippen LogP) is 4.20. The van der Waals surface area contributed by atoms with Gasteiger partial charge in [0.2, 0.25) is 0 Å². The second-order valence-electron chi connectivity index (χ2n) is 6.28. The Labute approximate surface area is 112 Å². The van der Waals surface area contributed by atoms with Crippen LogP contribution >= 0.6 is 0 Å². The average molecular weight is 245 g/mol. The summed E-state index contributed by atoms with van der Waals surface area (Å²) in [4.78, 5) is 0. The fourth-order valence-corrected chi connectivity index (χ4v) is 3.12. The molecule has 2 rings (SSSR count). The van der Waals surface area contributed by atoms with E-state index in [1.165, 1.54) is 24.8 Å². The van der Waals surface area contributed by atoms with Gasteiger partial charge in [0, 0.05) is 12.6 Å². The molecule has 0 aromatic heterocycles. The maximum atomic E-state index is 3.79. The third kappa shape index (κ3) is 3.58. The minimum atomic E-state index is 0.641. The second kappa shape index (κ2) is 6.38. The van der Waals surface area contributed by atoms with Crippen LogP contribution in [0.2, 0.25) is 0 Å². The molecule has 1 N–H and O–H groups in total. The third-order valence-electron chi connectivity index (χ3n) is 4.35. The van der Waals surface area contributed by atoms with Crippen LogP contribution in [-0.2, 0) is 0 Å². The van der Waals surface area contributed by atoms with Gasteiger partial charge in [-0.05, 0) is 42.6 Å². The molecule has 0 heterocycles. The van der Waals surface area contributed by atoms with Gasteiger partial charge in [0.25, 0.3) is 0 Å². The van der Waals surface area contributed by atoms with E-state index in [1.54, 1.807) is 0 Å². The van der Waals surface area contributed by atoms with E-state index >= 15 is 0 Å². The summed E-state index contributed by atoms with van der Waals surface area (Å²) in [6.45, 7) is 8.16. The van der Waals surface area contributed by atoms with Crippen molar-refractivity contribution in [2.45, 2.75) is 52.0 Å². The molecular weight excluding hydrogens is 218 g/mol. The smallest absolute Gasteiger partial charge is 0.00699 e. The molecular formula is C17H27N. The Morgan fingerprint density at radius 3 is 2.44 bits per heavy atom. The van der Waals surface area contributed by atoms with Gasteiger partial charge in [0.05, 0.1) is 0 Å². The predicted molar refractivity (Wildman–Crippen MR) is 78.8 cm³/mol. The third-order valence-corrected chi connectivity index (χ3v) is 4.35. The zero-order valence-corrected chi connectivity index (χ0v) is 12.0. The van der Waals surface area contributed by atoms with Crippen LogP contribution in [0.5, 0.6) is 0 Å². The lowest BCUT2D eigenvalue weighted by Crippen LogP contribution is -2.32. The first-order chi connectivity index (χ1) is 8.66. The highest BCUT2D eigenvalue weighted by molar-refractivity contribution is 5.20. The highest BCUT2D eigenvalue weighted by Gasteiger charge is 2.23. The minimum Gasteiger partial charge on any atom is -0.313 e. The molecule has 1 fully saturated rings. The maximum Gasteiger partial charge on any atom is 0.00699 e. The van der Waals surface area contributed by atoms with Crippen LogP contribution in [0.4, 0.5) is 0 Å². The van der Waals surface area contributed by atoms with E-state index < -0.39 is 0 Å². The number of benzene rings is 1. The van der Waals surface area contributed by atoms with Gasteiger partial charge in [0.15, 0.2) is 0 Å². The molecule has 0 saturated heterocycles. The average Bonchev–Trinajstić information content (AvgIpc) is 2.76. The molecule has 1 aliphatic rings. The largest absolute Gasteiger partial charge is 0.313 e. The van der Waals surface area contributed by atoms with Crippen molar-refractivity contribution in [2.75, 3.05) is 6.54 Å². The summed E-state index contributed by atoms with van der Waals surface area (Å²) in [5.74, 6) is 2.25. The molecule has 0 spiro atoms. The lowest BCUT2D eigenvalue weighted by molar-refractivity contribution is 0.418. The van der Waals surface area contributed by atoms with Gasteiger partial charge in [0.1, 0.15) is 0 Å². The molecule has 18 heavy (non-hydrogen) atoms. The molecule has 0 bridgehead atoms. The van der Waals surface area contributed by atoms with Crippen LogP contribution < -0.4 is 5.32 Å². The Bertz CT molecular complexity index is 344. The highest BCUT2D eigenvalue weighted by atomic mass is 14.9. The molecule has 3 atom stereocenters. The number of rotatable bonds is 5. The Hall–Kier alpha value is -0.820. The van der Waals surface area contributed by atoms with Crippen molar-refractivity contribution in [2.24, 2.45) is 11.8 Å². The summed E-state index contributed by atoms with van der Waals surface area (Å²) in [6, 6.07) is 11.7. The van der Waals surface area contributed by atoms with E-state index in [0.29, 0.717) is 11.8 Å². The summed E-state index contributed by atoms with van der Waals surface area (Å²) in [6.07, 6.45) is 4.12. The Morgan fingerprint density at radius 2 is 1.89 bits per heavy atom. The van der Waals surface area contributed by atoms with E-state index in [-0.39, 0.29) is 0 Å². The fourth-order valence-electron chi connectivity index (χ4n) is 3.12. The first kappa shape index (κ1) is 13.6. The van der Waals surface area contributed by atoms with Gasteiger partial charge in [-0.15, -0.1) is 0 Å². The molecule has 1 nitrogen and oxygen atoms in total. The molecule has 100 valence electrons. The summed E-state index contributed by atoms with van der Waals surface area (Å²) >= 11 is 0. The van der Waals surface area contributed by atoms with Gasteiger partial charge in [-0.3, -0.25) is 0 Å². The molecule has 3 unspecified atom stereocenters. The molecule has 0 aliphatic heterocycles. The van der Waals surface area contributed by atoms with E-state index in [2.05, 4.69) is 56.4 Å². The van der Waals surface area contributed by atoms with E-state index in [4.69, 9.17) is 0 Å². The topological polar surface area (TPSA) is 12.0 Å². The van der Waals surface area contributed by atoms with Gasteiger partial charge >= 0.3 is 0 Å². The number of hydrogen-bond acceptors (Lipinski definition) is 1. The molecule has 1 aromatic carbocycles. The molecule has 1 aliphatic carbocycles. The van der Waals surface area contributed by atoms with Crippen molar-refractivity contribution in [1.82, 2.24) is 5.32 Å². The van der Waals surface area contributed by atoms with E-state index in [1.807, 2.05) is 0 Å². The normalized spacial score (nSPS) is 25.6. The van der Waals surface area contributed by atoms with Crippen LogP contribution in [0.15, 0.2) is 30.3 Å². The first-order valence-corrected chi connectivity index (χ1v) is 7.45. The number of nitrogens with one attached hydrogen (secondary N) is 1. The monoisotopic (exact) mass is 245 g/mol. The Balaban J connectivity index is 1.91. The van der Waals surface area contributed by atoms with Gasteiger partial charge in [-0.1, -0.05) is 51.1 Å². The highest BCUT2D eigenvalue weighted by Crippen LogP contribution is 2.27. The zero-order chi connectivity index (χ0) is 13.0. The molecule has 0 amide bonds. The lowest BCUT2D eigenvalue weighted by Gasteiger charge is -2.24. The SMILES string of the molecule is CC1CCC(NCC(c2ccccc2)C(C)C)C1. The van der Waals surface area contributed by atoms with Gasteiger partial charge in [-0.2, -0.15) is 0 Å². The van der Waals surface area contributed by atoms with E-state index in [9.17, 15) is 0 Å². The van der Waals surface area contributed by atoms with Gasteiger partial charge in [-0.25, -0.2) is 0 Å². The van der Waals surface area contributed by atoms with Crippen LogP contribution in [0, 0.1) is 11.8 Å². The minimum absolute atomic E-state index is 0.641. The van der Waals surface area contributed by atoms with E-state index in [0.717, 1.165) is 18.5 Å². The lowest BCUT2D eigenvalue weighted by atomic mass is 9.88. The number of hydrogen-bond donors (Lipinski definition) is 1. The molecule has 1 saturated carbocycles. The maximum absolute atomic E-state index is 3.79. The second-order valence-corrected chi connectivity index (χ2v) is 6.28. The van der Waals surface area contributed by atoms with Crippen LogP contribution in [0.25, 0.3) is 0 Å². The van der Waals surface area contributed by atoms with Crippen molar-refractivity contribution < 1.29 is 0 Å². The summed E-state index contributed by atoms with van der Waals surface area (Å²) in [7, 11) is 0. The van der Waals surface area contributed by atoms with Crippen molar-refractivity contribution in [3.8, 4) is 0 Å². The molecule has 0 radical (unpaired) electrons. The molecule has 1 aromatic rings. The summed E-state index contributed by atoms with van der Waals surface area (Å²) in [5, 5.41) is 3.79. The standard InChI is InChI=1S/C17H27N/c1-13(2)17(15-7-5-4-6-8-15)12-18-16-10-9-14(3)11-16/h4-8,13-14,16-18H,9-12H2,1-3H3. The van der Waals surface area contributed by atoms with Gasteiger partial charge < -0.3 is 5.32 Å². The van der Waals surface area contributed by atoms with Crippen LogP contribution in [-0.4, -0.2) is 12.6 Å². The first-order valence-electron chi connectivity index (χ1n) is 7.45. The summed E-state index contributed by atoms with van der Waals surface area (Å²) < 4.78 is 0. The molecule has 1 heteroatoms. The van der Waals surface area contributed by atoms with Crippen molar-refractivity contribution in [3.05, 3.63) is 35.9 Å². The zero-order valence-electron chi connectivity index (χ0n) is 12.0. The van der Waals surface area contributed by atoms with Crippen molar-refractivity contribution >= 4 is 0 Å².